The van der Waals surface area contributed by atoms with Crippen molar-refractivity contribution in [1.82, 2.24) is 4.31 Å². The summed E-state index contributed by atoms with van der Waals surface area (Å²) in [5.74, 6) is -0.805. The highest BCUT2D eigenvalue weighted by Gasteiger charge is 2.34. The summed E-state index contributed by atoms with van der Waals surface area (Å²) < 4.78 is 68.3. The lowest BCUT2D eigenvalue weighted by atomic mass is 10.2. The molecule has 28 heavy (non-hydrogen) atoms. The first-order valence-electron chi connectivity index (χ1n) is 9.22. The van der Waals surface area contributed by atoms with Crippen LogP contribution in [0.1, 0.15) is 24.8 Å². The molecule has 1 fully saturated rings. The molecule has 0 bridgehead atoms. The summed E-state index contributed by atoms with van der Waals surface area (Å²) in [5.41, 5.74) is 1.04. The highest BCUT2D eigenvalue weighted by molar-refractivity contribution is 7.92. The Morgan fingerprint density at radius 3 is 2.25 bits per heavy atom. The Kier molecular flexibility index (Phi) is 4.93. The fourth-order valence-corrected chi connectivity index (χ4v) is 6.92. The average Bonchev–Trinajstić information content (AvgIpc) is 3.13. The predicted molar refractivity (Wildman–Crippen MR) is 104 cm³/mol. The minimum Gasteiger partial charge on any atom is -0.266 e. The first kappa shape index (κ1) is 19.4. The first-order chi connectivity index (χ1) is 13.3. The Bertz CT molecular complexity index is 1110. The molecule has 6 nitrogen and oxygen atoms in total. The number of anilines is 1. The Hall–Kier alpha value is -1.97. The van der Waals surface area contributed by atoms with Crippen LogP contribution in [0.5, 0.6) is 0 Å². The van der Waals surface area contributed by atoms with Crippen molar-refractivity contribution in [3.8, 4) is 0 Å². The van der Waals surface area contributed by atoms with Gasteiger partial charge in [-0.25, -0.2) is 21.2 Å². The third-order valence-electron chi connectivity index (χ3n) is 5.26. The Labute approximate surface area is 164 Å². The molecule has 2 aromatic carbocycles. The second-order valence-electron chi connectivity index (χ2n) is 7.01. The lowest BCUT2D eigenvalue weighted by molar-refractivity contribution is 0.346. The highest BCUT2D eigenvalue weighted by atomic mass is 32.2. The maximum absolute atomic E-state index is 14.1. The number of halogens is 1. The summed E-state index contributed by atoms with van der Waals surface area (Å²) in [6, 6.07) is 9.76. The monoisotopic (exact) mass is 424 g/mol. The molecule has 2 aliphatic rings. The number of sulfonamides is 2. The molecular weight excluding hydrogens is 403 g/mol. The van der Waals surface area contributed by atoms with Crippen LogP contribution in [0, 0.1) is 5.82 Å². The normalized spacial score (nSPS) is 18.2. The number of hydrogen-bond donors (Lipinski definition) is 0. The average molecular weight is 425 g/mol. The molecule has 0 saturated carbocycles. The van der Waals surface area contributed by atoms with Crippen molar-refractivity contribution in [2.45, 2.75) is 35.5 Å². The van der Waals surface area contributed by atoms with Crippen molar-refractivity contribution < 1.29 is 21.2 Å². The van der Waals surface area contributed by atoms with E-state index in [-0.39, 0.29) is 16.3 Å². The van der Waals surface area contributed by atoms with Gasteiger partial charge in [0.05, 0.1) is 10.6 Å². The fourth-order valence-electron chi connectivity index (χ4n) is 3.78. The van der Waals surface area contributed by atoms with Gasteiger partial charge in [-0.2, -0.15) is 4.31 Å². The molecule has 0 N–H and O–H groups in total. The summed E-state index contributed by atoms with van der Waals surface area (Å²) in [6.45, 7) is 1.17. The molecule has 2 aliphatic heterocycles. The lowest BCUT2D eigenvalue weighted by Gasteiger charge is -2.26. The molecule has 4 rings (SSSR count). The molecule has 0 atom stereocenters. The first-order valence-corrected chi connectivity index (χ1v) is 12.1. The van der Waals surface area contributed by atoms with Gasteiger partial charge < -0.3 is 0 Å². The van der Waals surface area contributed by atoms with E-state index in [9.17, 15) is 21.2 Å². The largest absolute Gasteiger partial charge is 0.267 e. The maximum Gasteiger partial charge on any atom is 0.267 e. The van der Waals surface area contributed by atoms with Crippen molar-refractivity contribution in [2.75, 3.05) is 23.9 Å². The van der Waals surface area contributed by atoms with E-state index in [1.807, 2.05) is 0 Å². The fraction of sp³-hybridized carbons (Fsp3) is 0.368. The molecule has 0 aliphatic carbocycles. The van der Waals surface area contributed by atoms with Gasteiger partial charge in [-0.15, -0.1) is 0 Å². The minimum atomic E-state index is -4.05. The summed E-state index contributed by atoms with van der Waals surface area (Å²) in [6.07, 6.45) is 3.10. The minimum absolute atomic E-state index is 0.152. The van der Waals surface area contributed by atoms with Crippen LogP contribution in [0.4, 0.5) is 10.1 Å². The summed E-state index contributed by atoms with van der Waals surface area (Å²) >= 11 is 0. The van der Waals surface area contributed by atoms with Gasteiger partial charge in [0.1, 0.15) is 10.7 Å². The van der Waals surface area contributed by atoms with E-state index in [2.05, 4.69) is 0 Å². The Morgan fingerprint density at radius 1 is 0.821 bits per heavy atom. The summed E-state index contributed by atoms with van der Waals surface area (Å²) in [5, 5.41) is 0. The third kappa shape index (κ3) is 3.21. The topological polar surface area (TPSA) is 74.8 Å². The van der Waals surface area contributed by atoms with E-state index >= 15 is 0 Å². The Morgan fingerprint density at radius 2 is 1.54 bits per heavy atom. The van der Waals surface area contributed by atoms with E-state index in [1.165, 1.54) is 34.6 Å². The van der Waals surface area contributed by atoms with Crippen LogP contribution in [0.2, 0.25) is 0 Å². The van der Waals surface area contributed by atoms with Crippen molar-refractivity contribution in [1.29, 1.82) is 0 Å². The molecule has 0 unspecified atom stereocenters. The van der Waals surface area contributed by atoms with E-state index in [0.717, 1.165) is 29.6 Å². The van der Waals surface area contributed by atoms with Gasteiger partial charge in [-0.05, 0) is 55.2 Å². The van der Waals surface area contributed by atoms with Crippen LogP contribution in [0.15, 0.2) is 52.3 Å². The summed E-state index contributed by atoms with van der Waals surface area (Å²) in [4.78, 5) is -0.203. The molecule has 0 aromatic heterocycles. The van der Waals surface area contributed by atoms with E-state index < -0.39 is 25.9 Å². The lowest BCUT2D eigenvalue weighted by Crippen LogP contribution is -2.35. The zero-order valence-corrected chi connectivity index (χ0v) is 16.8. The molecule has 1 saturated heterocycles. The number of rotatable bonds is 4. The smallest absolute Gasteiger partial charge is 0.266 e. The number of nitrogens with zero attached hydrogens (tertiary/aromatic N) is 2. The van der Waals surface area contributed by atoms with Crippen LogP contribution in [-0.2, 0) is 26.5 Å². The number of piperidine rings is 1. The predicted octanol–water partition coefficient (Wildman–Crippen LogP) is 2.75. The second-order valence-corrected chi connectivity index (χ2v) is 10.8. The zero-order chi connectivity index (χ0) is 19.9. The van der Waals surface area contributed by atoms with Crippen molar-refractivity contribution >= 4 is 25.7 Å². The Balaban J connectivity index is 1.68. The highest BCUT2D eigenvalue weighted by Crippen LogP contribution is 2.35. The van der Waals surface area contributed by atoms with E-state index in [4.69, 9.17) is 0 Å². The molecule has 9 heteroatoms. The molecule has 0 amide bonds. The molecule has 0 radical (unpaired) electrons. The second kappa shape index (κ2) is 7.13. The zero-order valence-electron chi connectivity index (χ0n) is 15.2. The van der Waals surface area contributed by atoms with Gasteiger partial charge in [0.25, 0.3) is 10.0 Å². The van der Waals surface area contributed by atoms with Crippen LogP contribution < -0.4 is 4.31 Å². The van der Waals surface area contributed by atoms with Gasteiger partial charge >= 0.3 is 0 Å². The third-order valence-corrected chi connectivity index (χ3v) is 9.00. The van der Waals surface area contributed by atoms with Crippen LogP contribution in [0.25, 0.3) is 0 Å². The maximum atomic E-state index is 14.1. The number of fused-ring (bicyclic) bond motifs is 1. The van der Waals surface area contributed by atoms with Crippen molar-refractivity contribution in [2.24, 2.45) is 0 Å². The SMILES string of the molecule is O=S(=O)(c1ccc2c(c1)CCN2S(=O)(=O)c1ccccc1F)N1CCCCC1. The molecule has 2 aromatic rings. The quantitative estimate of drug-likeness (QED) is 0.756. The van der Waals surface area contributed by atoms with Gasteiger partial charge in [-0.3, -0.25) is 4.31 Å². The van der Waals surface area contributed by atoms with E-state index in [1.54, 1.807) is 6.07 Å². The van der Waals surface area contributed by atoms with Gasteiger partial charge in [-0.1, -0.05) is 18.6 Å². The van der Waals surface area contributed by atoms with Gasteiger partial charge in [0, 0.05) is 19.6 Å². The molecule has 150 valence electrons. The molecule has 0 spiro atoms. The molecule has 2 heterocycles. The number of benzene rings is 2. The van der Waals surface area contributed by atoms with Gasteiger partial charge in [0.2, 0.25) is 10.0 Å². The van der Waals surface area contributed by atoms with Gasteiger partial charge in [0.15, 0.2) is 0 Å². The molecular formula is C19H21FN2O4S2. The van der Waals surface area contributed by atoms with E-state index in [0.29, 0.717) is 30.8 Å². The van der Waals surface area contributed by atoms with Crippen LogP contribution >= 0.6 is 0 Å². The van der Waals surface area contributed by atoms with Crippen LogP contribution in [-0.4, -0.2) is 40.8 Å². The summed E-state index contributed by atoms with van der Waals surface area (Å²) in [7, 11) is -7.64. The van der Waals surface area contributed by atoms with Crippen molar-refractivity contribution in [3.05, 3.63) is 53.8 Å². The van der Waals surface area contributed by atoms with Crippen molar-refractivity contribution in [3.63, 3.8) is 0 Å². The number of hydrogen-bond acceptors (Lipinski definition) is 4. The van der Waals surface area contributed by atoms with Crippen LogP contribution in [0.3, 0.4) is 0 Å². The standard InChI is InChI=1S/C19H21FN2O4S2/c20-17-6-2-3-7-19(17)28(25,26)22-13-10-15-14-16(8-9-18(15)22)27(23,24)21-11-4-1-5-12-21/h2-3,6-9,14H,1,4-5,10-13H2.